The van der Waals surface area contributed by atoms with Crippen LogP contribution in [0.3, 0.4) is 0 Å². The van der Waals surface area contributed by atoms with Crippen molar-refractivity contribution in [3.05, 3.63) is 0 Å². The Hall–Kier alpha value is 1.12. The average Bonchev–Trinajstić information content (AvgIpc) is 2.16. The smallest absolute Gasteiger partial charge is 0.260 e. The van der Waals surface area contributed by atoms with E-state index in [0.717, 1.165) is 37.2 Å². The number of hydrogen-bond donors (Lipinski definition) is 0. The zero-order valence-electron chi connectivity index (χ0n) is 11.2. The molecule has 0 radical (unpaired) electrons. The van der Waals surface area contributed by atoms with Crippen LogP contribution in [0.5, 0.6) is 0 Å². The van der Waals surface area contributed by atoms with E-state index >= 15 is 0 Å². The SMILES string of the molecule is CCCCSP(C)(=O)OP(C)(=O)SCCCC. The van der Waals surface area contributed by atoms with Crippen molar-refractivity contribution in [3.8, 4) is 0 Å². The molecule has 0 rings (SSSR count). The van der Waals surface area contributed by atoms with Crippen LogP contribution in [0, 0.1) is 0 Å². The van der Waals surface area contributed by atoms with Crippen molar-refractivity contribution in [2.75, 3.05) is 24.8 Å². The highest BCUT2D eigenvalue weighted by Crippen LogP contribution is 2.71. The van der Waals surface area contributed by atoms with Crippen LogP contribution >= 0.6 is 35.9 Å². The Morgan fingerprint density at radius 1 is 0.882 bits per heavy atom. The minimum atomic E-state index is -2.76. The molecule has 17 heavy (non-hydrogen) atoms. The van der Waals surface area contributed by atoms with Crippen molar-refractivity contribution in [2.24, 2.45) is 0 Å². The van der Waals surface area contributed by atoms with Gasteiger partial charge < -0.3 is 0 Å². The first-order valence-corrected chi connectivity index (χ1v) is 13.3. The molecule has 0 aliphatic heterocycles. The van der Waals surface area contributed by atoms with E-state index in [4.69, 9.17) is 4.31 Å². The molecule has 0 aliphatic rings. The van der Waals surface area contributed by atoms with E-state index in [9.17, 15) is 9.13 Å². The quantitative estimate of drug-likeness (QED) is 0.381. The summed E-state index contributed by atoms with van der Waals surface area (Å²) >= 11 is 2.63. The van der Waals surface area contributed by atoms with Crippen LogP contribution in [0.1, 0.15) is 39.5 Å². The van der Waals surface area contributed by atoms with E-state index in [2.05, 4.69) is 13.8 Å². The third-order valence-corrected chi connectivity index (χ3v) is 11.3. The molecular weight excluding hydrogens is 294 g/mol. The second-order valence-electron chi connectivity index (χ2n) is 4.00. The molecule has 0 saturated heterocycles. The molecule has 0 aliphatic carbocycles. The predicted molar refractivity (Wildman–Crippen MR) is 82.9 cm³/mol. The first kappa shape index (κ1) is 18.1. The Morgan fingerprint density at radius 2 is 1.24 bits per heavy atom. The minimum Gasteiger partial charge on any atom is -0.281 e. The van der Waals surface area contributed by atoms with Gasteiger partial charge in [0.25, 0.3) is 13.1 Å². The summed E-state index contributed by atoms with van der Waals surface area (Å²) in [6.07, 6.45) is 4.18. The molecule has 3 nitrogen and oxygen atoms in total. The van der Waals surface area contributed by atoms with Crippen molar-refractivity contribution in [1.82, 2.24) is 0 Å². The number of rotatable bonds is 10. The first-order valence-electron chi connectivity index (χ1n) is 5.98. The van der Waals surface area contributed by atoms with Gasteiger partial charge in [0.05, 0.1) is 0 Å². The normalized spacial score (nSPS) is 18.6. The maximum Gasteiger partial charge on any atom is 0.260 e. The highest BCUT2D eigenvalue weighted by atomic mass is 32.8. The van der Waals surface area contributed by atoms with Gasteiger partial charge in [0.2, 0.25) is 0 Å². The summed E-state index contributed by atoms with van der Waals surface area (Å²) in [5, 5.41) is 0. The summed E-state index contributed by atoms with van der Waals surface area (Å²) in [5.74, 6) is 1.62. The summed E-state index contributed by atoms with van der Waals surface area (Å²) < 4.78 is 29.5. The van der Waals surface area contributed by atoms with Crippen LogP contribution in [0.25, 0.3) is 0 Å². The molecule has 0 aromatic heterocycles. The lowest BCUT2D eigenvalue weighted by Gasteiger charge is -2.18. The van der Waals surface area contributed by atoms with Crippen molar-refractivity contribution in [3.63, 3.8) is 0 Å². The van der Waals surface area contributed by atoms with Gasteiger partial charge in [-0.2, -0.15) is 0 Å². The van der Waals surface area contributed by atoms with Crippen molar-refractivity contribution in [2.45, 2.75) is 39.5 Å². The van der Waals surface area contributed by atoms with Crippen LogP contribution in [0.4, 0.5) is 0 Å². The third kappa shape index (κ3) is 10.7. The van der Waals surface area contributed by atoms with Gasteiger partial charge in [0, 0.05) is 24.8 Å². The molecule has 0 fully saturated rings. The predicted octanol–water partition coefficient (Wildman–Crippen LogP) is 5.72. The van der Waals surface area contributed by atoms with Crippen LogP contribution < -0.4 is 0 Å². The fourth-order valence-corrected chi connectivity index (χ4v) is 11.4. The van der Waals surface area contributed by atoms with E-state index in [0.29, 0.717) is 0 Å². The molecule has 2 atom stereocenters. The summed E-state index contributed by atoms with van der Waals surface area (Å²) in [6.45, 7) is 1.81. The monoisotopic (exact) mass is 318 g/mol. The van der Waals surface area contributed by atoms with Crippen molar-refractivity contribution in [1.29, 1.82) is 0 Å². The molecule has 0 N–H and O–H groups in total. The van der Waals surface area contributed by atoms with Gasteiger partial charge in [-0.05, 0) is 12.8 Å². The Kier molecular flexibility index (Phi) is 9.69. The molecule has 0 aromatic carbocycles. The van der Waals surface area contributed by atoms with Gasteiger partial charge >= 0.3 is 0 Å². The van der Waals surface area contributed by atoms with Gasteiger partial charge in [-0.25, -0.2) is 0 Å². The van der Waals surface area contributed by atoms with Gasteiger partial charge in [-0.15, -0.1) is 0 Å². The van der Waals surface area contributed by atoms with Crippen LogP contribution in [0.15, 0.2) is 0 Å². The summed E-state index contributed by atoms with van der Waals surface area (Å²) in [4.78, 5) is 0. The zero-order chi connectivity index (χ0) is 13.4. The van der Waals surface area contributed by atoms with Crippen molar-refractivity contribution >= 4 is 35.9 Å². The number of hydrogen-bond acceptors (Lipinski definition) is 5. The lowest BCUT2D eigenvalue weighted by Crippen LogP contribution is -1.86. The molecule has 0 amide bonds. The van der Waals surface area contributed by atoms with Crippen LogP contribution in [-0.4, -0.2) is 24.8 Å². The molecule has 0 heterocycles. The maximum atomic E-state index is 12.1. The van der Waals surface area contributed by atoms with Crippen molar-refractivity contribution < 1.29 is 13.4 Å². The fourth-order valence-electron chi connectivity index (χ4n) is 1.07. The lowest BCUT2D eigenvalue weighted by molar-refractivity contribution is 0.488. The van der Waals surface area contributed by atoms with Gasteiger partial charge in [0.1, 0.15) is 0 Å². The molecule has 7 heteroatoms. The highest BCUT2D eigenvalue weighted by molar-refractivity contribution is 8.61. The van der Waals surface area contributed by atoms with E-state index in [1.165, 1.54) is 22.8 Å². The molecule has 2 unspecified atom stereocenters. The average molecular weight is 318 g/mol. The summed E-state index contributed by atoms with van der Waals surface area (Å²) in [6, 6.07) is 0. The minimum absolute atomic E-state index is 0.809. The molecule has 0 spiro atoms. The Balaban J connectivity index is 4.09. The second kappa shape index (κ2) is 9.09. The lowest BCUT2D eigenvalue weighted by atomic mass is 10.4. The second-order valence-corrected chi connectivity index (χ2v) is 14.6. The van der Waals surface area contributed by atoms with Gasteiger partial charge in [0.15, 0.2) is 0 Å². The molecular formula is C10H24O3P2S2. The Morgan fingerprint density at radius 3 is 1.53 bits per heavy atom. The van der Waals surface area contributed by atoms with Crippen LogP contribution in [-0.2, 0) is 13.4 Å². The topological polar surface area (TPSA) is 43.4 Å². The third-order valence-electron chi connectivity index (χ3n) is 1.94. The standard InChI is InChI=1S/C10H24O3P2S2/c1-5-7-9-16-14(3,11)13-15(4,12)17-10-8-6-2/h5-10H2,1-4H3. The largest absolute Gasteiger partial charge is 0.281 e. The number of unbranched alkanes of at least 4 members (excludes halogenated alkanes) is 2. The summed E-state index contributed by atoms with van der Waals surface area (Å²) in [5.41, 5.74) is 0. The summed E-state index contributed by atoms with van der Waals surface area (Å²) in [7, 11) is 0. The molecule has 0 bridgehead atoms. The highest BCUT2D eigenvalue weighted by Gasteiger charge is 2.27. The van der Waals surface area contributed by atoms with E-state index in [1.54, 1.807) is 13.3 Å². The fraction of sp³-hybridized carbons (Fsp3) is 1.00. The molecule has 0 aromatic rings. The molecule has 104 valence electrons. The van der Waals surface area contributed by atoms with Crippen LogP contribution in [0.2, 0.25) is 0 Å². The molecule has 0 saturated carbocycles. The van der Waals surface area contributed by atoms with E-state index in [1.807, 2.05) is 0 Å². The Bertz CT molecular complexity index is 269. The van der Waals surface area contributed by atoms with Gasteiger partial charge in [-0.3, -0.25) is 13.4 Å². The zero-order valence-corrected chi connectivity index (χ0v) is 14.6. The first-order chi connectivity index (χ1) is 7.83. The van der Waals surface area contributed by atoms with E-state index in [-0.39, 0.29) is 0 Å². The maximum absolute atomic E-state index is 12.1. The Labute approximate surface area is 114 Å². The van der Waals surface area contributed by atoms with E-state index < -0.39 is 13.1 Å². The van der Waals surface area contributed by atoms with Gasteiger partial charge in [-0.1, -0.05) is 49.5 Å².